The van der Waals surface area contributed by atoms with E-state index in [9.17, 15) is 29.4 Å². The smallest absolute Gasteiger partial charge is 0.338 e. The van der Waals surface area contributed by atoms with Crippen LogP contribution in [0.15, 0.2) is 47.4 Å². The highest BCUT2D eigenvalue weighted by Gasteiger charge is 2.29. The molecule has 0 aliphatic carbocycles. The van der Waals surface area contributed by atoms with Crippen LogP contribution < -0.4 is 10.6 Å². The van der Waals surface area contributed by atoms with Gasteiger partial charge in [0.25, 0.3) is 5.91 Å². The molecule has 13 heteroatoms. The van der Waals surface area contributed by atoms with Crippen molar-refractivity contribution in [3.05, 3.63) is 84.8 Å². The molecule has 3 aromatic rings. The first-order chi connectivity index (χ1) is 17.8. The molecule has 3 aromatic carbocycles. The monoisotopic (exact) mass is 614 g/mol. The number of aryl methyl sites for hydroxylation is 1. The Morgan fingerprint density at radius 2 is 1.37 bits per heavy atom. The maximum atomic E-state index is 12.9. The molecule has 0 aliphatic heterocycles. The third kappa shape index (κ3) is 6.54. The van der Waals surface area contributed by atoms with Crippen molar-refractivity contribution in [2.24, 2.45) is 0 Å². The van der Waals surface area contributed by atoms with Gasteiger partial charge in [0, 0.05) is 16.3 Å². The first-order valence-corrected chi connectivity index (χ1v) is 13.0. The van der Waals surface area contributed by atoms with Crippen LogP contribution in [0.1, 0.15) is 43.6 Å². The maximum absolute atomic E-state index is 12.9. The minimum Gasteiger partial charge on any atom is -0.478 e. The molecule has 0 heterocycles. The number of carbonyl (C=O) groups excluding carboxylic acids is 2. The summed E-state index contributed by atoms with van der Waals surface area (Å²) in [5, 5.41) is 22.1. The van der Waals surface area contributed by atoms with Crippen molar-refractivity contribution < 1.29 is 29.4 Å². The molecule has 8 nitrogen and oxygen atoms in total. The normalized spacial score (nSPS) is 11.5. The van der Waals surface area contributed by atoms with E-state index in [-0.39, 0.29) is 26.5 Å². The van der Waals surface area contributed by atoms with E-state index in [0.29, 0.717) is 16.3 Å². The van der Waals surface area contributed by atoms with Gasteiger partial charge in [-0.15, -0.1) is 11.8 Å². The van der Waals surface area contributed by atoms with Crippen LogP contribution in [-0.4, -0.2) is 39.2 Å². The van der Waals surface area contributed by atoms with E-state index >= 15 is 0 Å². The zero-order valence-corrected chi connectivity index (χ0v) is 23.4. The van der Waals surface area contributed by atoms with E-state index in [1.165, 1.54) is 23.9 Å². The van der Waals surface area contributed by atoms with Gasteiger partial charge in [-0.1, -0.05) is 52.5 Å². The number of carbonyl (C=O) groups is 4. The van der Waals surface area contributed by atoms with E-state index in [0.717, 1.165) is 5.56 Å². The van der Waals surface area contributed by atoms with Gasteiger partial charge in [-0.3, -0.25) is 9.59 Å². The Bertz CT molecular complexity index is 1460. The first-order valence-electron chi connectivity index (χ1n) is 10.6. The molecule has 0 bridgehead atoms. The average Bonchev–Trinajstić information content (AvgIpc) is 2.86. The van der Waals surface area contributed by atoms with Crippen LogP contribution in [0.25, 0.3) is 0 Å². The molecule has 0 radical (unpaired) electrons. The van der Waals surface area contributed by atoms with Crippen molar-refractivity contribution >= 4 is 93.3 Å². The Balaban J connectivity index is 1.72. The Morgan fingerprint density at radius 1 is 0.789 bits per heavy atom. The fourth-order valence-corrected chi connectivity index (χ4v) is 5.12. The Hall–Kier alpha value is -2.95. The summed E-state index contributed by atoms with van der Waals surface area (Å²) in [6.07, 6.45) is 0. The van der Waals surface area contributed by atoms with Gasteiger partial charge in [-0.2, -0.15) is 0 Å². The van der Waals surface area contributed by atoms with Crippen molar-refractivity contribution in [1.82, 2.24) is 0 Å². The molecule has 0 aromatic heterocycles. The van der Waals surface area contributed by atoms with E-state index in [1.54, 1.807) is 44.2 Å². The fourth-order valence-electron chi connectivity index (χ4n) is 3.24. The molecule has 4 N–H and O–H groups in total. The number of benzene rings is 3. The molecule has 0 aliphatic rings. The Morgan fingerprint density at radius 3 is 1.92 bits per heavy atom. The Kier molecular flexibility index (Phi) is 9.56. The van der Waals surface area contributed by atoms with Gasteiger partial charge in [0.1, 0.15) is 0 Å². The van der Waals surface area contributed by atoms with Gasteiger partial charge in [0.15, 0.2) is 0 Å². The quantitative estimate of drug-likeness (QED) is 0.118. The summed E-state index contributed by atoms with van der Waals surface area (Å²) < 4.78 is 0. The number of nitrogens with one attached hydrogen (secondary N) is 2. The SMILES string of the molecule is Cc1ccc(C(=O)O)cc1NC(=O)C(C)Sc1ccc(NC(=O)c2c(Cl)c(Cl)c(Cl)c(Cl)c2C(=O)O)cc1. The summed E-state index contributed by atoms with van der Waals surface area (Å²) in [5.41, 5.74) is 0.470. The zero-order chi connectivity index (χ0) is 28.3. The lowest BCUT2D eigenvalue weighted by molar-refractivity contribution is -0.115. The second-order valence-electron chi connectivity index (χ2n) is 7.87. The zero-order valence-electron chi connectivity index (χ0n) is 19.6. The van der Waals surface area contributed by atoms with Crippen molar-refractivity contribution in [2.75, 3.05) is 10.6 Å². The van der Waals surface area contributed by atoms with Gasteiger partial charge < -0.3 is 20.8 Å². The number of carboxylic acid groups (broad SMARTS) is 2. The number of halogens is 4. The van der Waals surface area contributed by atoms with Crippen LogP contribution in [0, 0.1) is 6.92 Å². The molecule has 0 fully saturated rings. The molecule has 3 rings (SSSR count). The molecule has 1 unspecified atom stereocenters. The molecule has 0 saturated carbocycles. The minimum absolute atomic E-state index is 0.0590. The maximum Gasteiger partial charge on any atom is 0.338 e. The number of hydrogen-bond donors (Lipinski definition) is 4. The van der Waals surface area contributed by atoms with Crippen molar-refractivity contribution in [3.63, 3.8) is 0 Å². The lowest BCUT2D eigenvalue weighted by Crippen LogP contribution is -2.23. The lowest BCUT2D eigenvalue weighted by Gasteiger charge is -2.15. The van der Waals surface area contributed by atoms with Gasteiger partial charge in [-0.05, 0) is 55.8 Å². The summed E-state index contributed by atoms with van der Waals surface area (Å²) in [5.74, 6) is -3.80. The molecular formula is C25H18Cl4N2O6S. The van der Waals surface area contributed by atoms with Crippen molar-refractivity contribution in [1.29, 1.82) is 0 Å². The van der Waals surface area contributed by atoms with Gasteiger partial charge in [0.2, 0.25) is 5.91 Å². The highest BCUT2D eigenvalue weighted by molar-refractivity contribution is 8.00. The predicted molar refractivity (Wildman–Crippen MR) is 150 cm³/mol. The first kappa shape index (κ1) is 29.6. The number of rotatable bonds is 8. The number of hydrogen-bond acceptors (Lipinski definition) is 5. The van der Waals surface area contributed by atoms with Crippen LogP contribution in [0.2, 0.25) is 20.1 Å². The summed E-state index contributed by atoms with van der Waals surface area (Å²) in [6.45, 7) is 3.44. The highest BCUT2D eigenvalue weighted by atomic mass is 35.5. The summed E-state index contributed by atoms with van der Waals surface area (Å²) in [4.78, 5) is 49.2. The fraction of sp³-hybridized carbons (Fsp3) is 0.120. The summed E-state index contributed by atoms with van der Waals surface area (Å²) in [7, 11) is 0. The molecule has 198 valence electrons. The van der Waals surface area contributed by atoms with E-state index in [2.05, 4.69) is 10.6 Å². The second-order valence-corrected chi connectivity index (χ2v) is 10.8. The van der Waals surface area contributed by atoms with E-state index in [1.807, 2.05) is 0 Å². The van der Waals surface area contributed by atoms with Crippen molar-refractivity contribution in [2.45, 2.75) is 24.0 Å². The standard InChI is InChI=1S/C25H18Cl4N2O6S/c1-10-3-4-12(24(34)35)9-15(10)31-22(32)11(2)38-14-7-5-13(6-8-14)30-23(33)16-17(25(36)37)19(27)21(29)20(28)18(16)26/h3-9,11H,1-2H3,(H,30,33)(H,31,32)(H,34,35)(H,36,37). The van der Waals surface area contributed by atoms with E-state index < -0.39 is 39.2 Å². The molecule has 0 saturated heterocycles. The van der Waals surface area contributed by atoms with Gasteiger partial charge >= 0.3 is 11.9 Å². The summed E-state index contributed by atoms with van der Waals surface area (Å²) >= 11 is 25.3. The number of thioether (sulfide) groups is 1. The average molecular weight is 616 g/mol. The largest absolute Gasteiger partial charge is 0.478 e. The van der Waals surface area contributed by atoms with Gasteiger partial charge in [0.05, 0.1) is 42.0 Å². The molecular weight excluding hydrogens is 598 g/mol. The molecule has 0 spiro atoms. The van der Waals surface area contributed by atoms with Crippen LogP contribution in [0.4, 0.5) is 11.4 Å². The van der Waals surface area contributed by atoms with Crippen LogP contribution in [-0.2, 0) is 4.79 Å². The van der Waals surface area contributed by atoms with Gasteiger partial charge in [-0.25, -0.2) is 9.59 Å². The van der Waals surface area contributed by atoms with Crippen molar-refractivity contribution in [3.8, 4) is 0 Å². The topological polar surface area (TPSA) is 133 Å². The minimum atomic E-state index is -1.51. The number of aromatic carboxylic acids is 2. The Labute approximate surface area is 241 Å². The summed E-state index contributed by atoms with van der Waals surface area (Å²) in [6, 6.07) is 10.9. The van der Waals surface area contributed by atoms with Crippen LogP contribution in [0.5, 0.6) is 0 Å². The van der Waals surface area contributed by atoms with Crippen LogP contribution in [0.3, 0.4) is 0 Å². The third-order valence-electron chi connectivity index (χ3n) is 5.24. The predicted octanol–water partition coefficient (Wildman–Crippen LogP) is 7.38. The van der Waals surface area contributed by atoms with Crippen LogP contribution >= 0.6 is 58.2 Å². The highest BCUT2D eigenvalue weighted by Crippen LogP contribution is 2.42. The lowest BCUT2D eigenvalue weighted by atomic mass is 10.1. The number of anilines is 2. The second kappa shape index (κ2) is 12.3. The molecule has 38 heavy (non-hydrogen) atoms. The number of amides is 2. The van der Waals surface area contributed by atoms with E-state index in [4.69, 9.17) is 46.4 Å². The number of carboxylic acids is 2. The third-order valence-corrected chi connectivity index (χ3v) is 8.16. The molecule has 2 amide bonds. The molecule has 1 atom stereocenters.